The second-order valence-electron chi connectivity index (χ2n) is 7.70. The molecule has 0 aromatic heterocycles. The third-order valence-electron chi connectivity index (χ3n) is 5.14. The zero-order valence-corrected chi connectivity index (χ0v) is 19.5. The molecule has 0 spiro atoms. The normalized spacial score (nSPS) is 10.3. The van der Waals surface area contributed by atoms with Gasteiger partial charge in [0.05, 0.1) is 6.54 Å². The van der Waals surface area contributed by atoms with Crippen molar-refractivity contribution < 1.29 is 14.4 Å². The Labute approximate surface area is 200 Å². The van der Waals surface area contributed by atoms with E-state index >= 15 is 0 Å². The largest absolute Gasteiger partial charge is 0.376 e. The van der Waals surface area contributed by atoms with Gasteiger partial charge in [0.1, 0.15) is 0 Å². The van der Waals surface area contributed by atoms with Crippen LogP contribution in [-0.2, 0) is 4.79 Å². The Bertz CT molecular complexity index is 1130. The van der Waals surface area contributed by atoms with E-state index in [1.54, 1.807) is 53.4 Å². The number of nitrogens with zero attached hydrogens (tertiary/aromatic N) is 1. The Morgan fingerprint density at radius 2 is 1.47 bits per heavy atom. The molecule has 34 heavy (non-hydrogen) atoms. The maximum absolute atomic E-state index is 13.0. The predicted molar refractivity (Wildman–Crippen MR) is 136 cm³/mol. The lowest BCUT2D eigenvalue weighted by Crippen LogP contribution is -2.30. The molecule has 0 radical (unpaired) electrons. The first-order valence-electron chi connectivity index (χ1n) is 11.4. The first-order valence-corrected chi connectivity index (χ1v) is 11.4. The van der Waals surface area contributed by atoms with Crippen molar-refractivity contribution in [2.75, 3.05) is 35.2 Å². The van der Waals surface area contributed by atoms with Gasteiger partial charge in [-0.2, -0.15) is 0 Å². The Morgan fingerprint density at radius 1 is 0.794 bits per heavy atom. The molecule has 0 aliphatic heterocycles. The van der Waals surface area contributed by atoms with Gasteiger partial charge in [0.15, 0.2) is 0 Å². The molecule has 0 unspecified atom stereocenters. The number of para-hydroxylation sites is 1. The third-order valence-corrected chi connectivity index (χ3v) is 5.14. The molecule has 3 N–H and O–H groups in total. The lowest BCUT2D eigenvalue weighted by Gasteiger charge is -2.21. The van der Waals surface area contributed by atoms with E-state index in [1.165, 1.54) is 0 Å². The van der Waals surface area contributed by atoms with Gasteiger partial charge in [-0.25, -0.2) is 0 Å². The molecular weight excluding hydrogens is 428 g/mol. The molecule has 3 aromatic rings. The highest BCUT2D eigenvalue weighted by atomic mass is 16.2. The summed E-state index contributed by atoms with van der Waals surface area (Å²) in [6, 6.07) is 23.4. The van der Waals surface area contributed by atoms with Gasteiger partial charge in [0, 0.05) is 41.3 Å². The quantitative estimate of drug-likeness (QED) is 0.416. The summed E-state index contributed by atoms with van der Waals surface area (Å²) in [5, 5.41) is 8.69. The summed E-state index contributed by atoms with van der Waals surface area (Å²) in [5.41, 5.74) is 3.05. The molecule has 7 nitrogen and oxygen atoms in total. The molecule has 0 aliphatic rings. The van der Waals surface area contributed by atoms with Crippen LogP contribution in [0.3, 0.4) is 0 Å². The number of carbonyl (C=O) groups excluding carboxylic acids is 3. The van der Waals surface area contributed by atoms with Crippen molar-refractivity contribution >= 4 is 34.8 Å². The van der Waals surface area contributed by atoms with E-state index in [0.29, 0.717) is 35.6 Å². The third kappa shape index (κ3) is 6.68. The Kier molecular flexibility index (Phi) is 8.80. The molecule has 0 fully saturated rings. The van der Waals surface area contributed by atoms with Gasteiger partial charge < -0.3 is 20.9 Å². The van der Waals surface area contributed by atoms with E-state index in [1.807, 2.05) is 44.2 Å². The van der Waals surface area contributed by atoms with Crippen molar-refractivity contribution in [1.82, 2.24) is 5.32 Å². The fraction of sp³-hybridized carbons (Fsp3) is 0.222. The molecule has 176 valence electrons. The summed E-state index contributed by atoms with van der Waals surface area (Å²) in [5.74, 6) is -0.546. The van der Waals surface area contributed by atoms with Crippen molar-refractivity contribution in [3.63, 3.8) is 0 Å². The van der Waals surface area contributed by atoms with Crippen molar-refractivity contribution in [2.45, 2.75) is 20.3 Å². The average molecular weight is 459 g/mol. The van der Waals surface area contributed by atoms with Gasteiger partial charge in [0.2, 0.25) is 5.91 Å². The van der Waals surface area contributed by atoms with Crippen LogP contribution < -0.4 is 20.9 Å². The second kappa shape index (κ2) is 12.2. The fourth-order valence-electron chi connectivity index (χ4n) is 3.44. The molecule has 0 atom stereocenters. The van der Waals surface area contributed by atoms with Crippen LogP contribution in [0.25, 0.3) is 0 Å². The van der Waals surface area contributed by atoms with E-state index < -0.39 is 0 Å². The topological polar surface area (TPSA) is 90.5 Å². The number of amides is 3. The predicted octanol–water partition coefficient (Wildman–Crippen LogP) is 4.54. The molecule has 3 amide bonds. The van der Waals surface area contributed by atoms with Crippen LogP contribution in [0.5, 0.6) is 0 Å². The van der Waals surface area contributed by atoms with Crippen molar-refractivity contribution in [3.8, 4) is 0 Å². The van der Waals surface area contributed by atoms with E-state index in [0.717, 1.165) is 12.1 Å². The Morgan fingerprint density at radius 3 is 2.18 bits per heavy atom. The summed E-state index contributed by atoms with van der Waals surface area (Å²) in [4.78, 5) is 39.4. The minimum Gasteiger partial charge on any atom is -0.376 e. The van der Waals surface area contributed by atoms with Crippen LogP contribution in [0.2, 0.25) is 0 Å². The maximum atomic E-state index is 13.0. The summed E-state index contributed by atoms with van der Waals surface area (Å²) in [6.45, 7) is 5.07. The summed E-state index contributed by atoms with van der Waals surface area (Å²) >= 11 is 0. The van der Waals surface area contributed by atoms with Gasteiger partial charge in [-0.1, -0.05) is 37.3 Å². The first-order chi connectivity index (χ1) is 16.5. The minimum atomic E-state index is -0.263. The van der Waals surface area contributed by atoms with E-state index in [2.05, 4.69) is 16.0 Å². The summed E-state index contributed by atoms with van der Waals surface area (Å²) in [6.07, 6.45) is 0.860. The lowest BCUT2D eigenvalue weighted by molar-refractivity contribution is -0.114. The van der Waals surface area contributed by atoms with E-state index in [-0.39, 0.29) is 24.3 Å². The molecular formula is C27H30N4O3. The minimum absolute atomic E-state index is 0.0172. The fourth-order valence-corrected chi connectivity index (χ4v) is 3.44. The number of hydrogen-bond acceptors (Lipinski definition) is 4. The number of rotatable bonds is 10. The molecule has 3 rings (SSSR count). The number of anilines is 3. The number of hydrogen-bond donors (Lipinski definition) is 3. The first kappa shape index (κ1) is 24.5. The highest BCUT2D eigenvalue weighted by molar-refractivity contribution is 6.07. The van der Waals surface area contributed by atoms with Gasteiger partial charge in [-0.05, 0) is 61.9 Å². The number of carbonyl (C=O) groups is 3. The number of benzene rings is 3. The van der Waals surface area contributed by atoms with Crippen LogP contribution >= 0.6 is 0 Å². The molecule has 0 saturated carbocycles. The molecule has 7 heteroatoms. The lowest BCUT2D eigenvalue weighted by atomic mass is 10.1. The molecule has 0 saturated heterocycles. The van der Waals surface area contributed by atoms with Gasteiger partial charge in [-0.3, -0.25) is 14.4 Å². The van der Waals surface area contributed by atoms with Crippen molar-refractivity contribution in [3.05, 3.63) is 90.0 Å². The Balaban J connectivity index is 1.60. The molecule has 0 bridgehead atoms. The van der Waals surface area contributed by atoms with Crippen LogP contribution in [0, 0.1) is 0 Å². The SMILES string of the molecule is CCCNC(=O)c1cccc(NCC(=O)Nc2cccc(C(=O)N(CC)c3ccccc3)c2)c1. The molecule has 3 aromatic carbocycles. The van der Waals surface area contributed by atoms with Gasteiger partial charge in [0.25, 0.3) is 11.8 Å². The van der Waals surface area contributed by atoms with Crippen molar-refractivity contribution in [2.24, 2.45) is 0 Å². The zero-order valence-electron chi connectivity index (χ0n) is 19.5. The standard InChI is InChI=1S/C27H30N4O3/c1-3-16-28-26(33)20-10-8-12-22(17-20)29-19-25(32)30-23-13-9-11-21(18-23)27(34)31(4-2)24-14-6-5-7-15-24/h5-15,17-18,29H,3-4,16,19H2,1-2H3,(H,28,33)(H,30,32). The van der Waals surface area contributed by atoms with Gasteiger partial charge >= 0.3 is 0 Å². The van der Waals surface area contributed by atoms with Crippen LogP contribution in [0.1, 0.15) is 41.0 Å². The maximum Gasteiger partial charge on any atom is 0.258 e. The van der Waals surface area contributed by atoms with Crippen LogP contribution in [0.4, 0.5) is 17.1 Å². The zero-order chi connectivity index (χ0) is 24.3. The molecule has 0 heterocycles. The van der Waals surface area contributed by atoms with Gasteiger partial charge in [-0.15, -0.1) is 0 Å². The Hall–Kier alpha value is -4.13. The smallest absolute Gasteiger partial charge is 0.258 e. The highest BCUT2D eigenvalue weighted by Gasteiger charge is 2.16. The second-order valence-corrected chi connectivity index (χ2v) is 7.70. The monoisotopic (exact) mass is 458 g/mol. The average Bonchev–Trinajstić information content (AvgIpc) is 2.87. The highest BCUT2D eigenvalue weighted by Crippen LogP contribution is 2.19. The molecule has 0 aliphatic carbocycles. The van der Waals surface area contributed by atoms with E-state index in [9.17, 15) is 14.4 Å². The van der Waals surface area contributed by atoms with Crippen molar-refractivity contribution in [1.29, 1.82) is 0 Å². The van der Waals surface area contributed by atoms with E-state index in [4.69, 9.17) is 0 Å². The summed E-state index contributed by atoms with van der Waals surface area (Å²) in [7, 11) is 0. The summed E-state index contributed by atoms with van der Waals surface area (Å²) < 4.78 is 0. The number of nitrogens with one attached hydrogen (secondary N) is 3. The van der Waals surface area contributed by atoms with Crippen LogP contribution in [0.15, 0.2) is 78.9 Å². The van der Waals surface area contributed by atoms with Crippen LogP contribution in [-0.4, -0.2) is 37.4 Å².